The van der Waals surface area contributed by atoms with Crippen LogP contribution in [0.25, 0.3) is 0 Å². The largest absolute Gasteiger partial charge is 0.391 e. The van der Waals surface area contributed by atoms with Gasteiger partial charge < -0.3 is 25.2 Å². The maximum Gasteiger partial charge on any atom is 0.151 e. The second kappa shape index (κ2) is 4.40. The molecule has 0 bridgehead atoms. The highest BCUT2D eigenvalue weighted by Crippen LogP contribution is 2.02. The number of hydrogen-bond acceptors (Lipinski definition) is 5. The van der Waals surface area contributed by atoms with E-state index in [1.54, 1.807) is 0 Å². The van der Waals surface area contributed by atoms with Crippen LogP contribution in [0.15, 0.2) is 0 Å². The van der Waals surface area contributed by atoms with Crippen LogP contribution in [-0.2, 0) is 4.79 Å². The highest BCUT2D eigenvalue weighted by molar-refractivity contribution is 5.56. The van der Waals surface area contributed by atoms with Gasteiger partial charge in [-0.1, -0.05) is 0 Å². The Morgan fingerprint density at radius 1 is 1.09 bits per heavy atom. The van der Waals surface area contributed by atoms with Gasteiger partial charge >= 0.3 is 0 Å². The lowest BCUT2D eigenvalue weighted by Gasteiger charge is -2.21. The molecule has 4 N–H and O–H groups in total. The Hall–Kier alpha value is -0.490. The average Bonchev–Trinajstić information content (AvgIpc) is 2.00. The number of aldehydes is 1. The molecule has 11 heavy (non-hydrogen) atoms. The maximum atomic E-state index is 9.87. The van der Waals surface area contributed by atoms with Crippen molar-refractivity contribution in [1.82, 2.24) is 0 Å². The van der Waals surface area contributed by atoms with Crippen LogP contribution in [0.3, 0.4) is 0 Å². The SMILES string of the molecule is CC(O)[C@@H](O)[C@@H](O)[C@@H](O)C=O. The van der Waals surface area contributed by atoms with Crippen molar-refractivity contribution in [2.45, 2.75) is 31.3 Å². The summed E-state index contributed by atoms with van der Waals surface area (Å²) >= 11 is 0. The minimum absolute atomic E-state index is 0.0935. The van der Waals surface area contributed by atoms with Gasteiger partial charge in [-0.15, -0.1) is 0 Å². The van der Waals surface area contributed by atoms with Crippen LogP contribution < -0.4 is 0 Å². The van der Waals surface area contributed by atoms with E-state index in [4.69, 9.17) is 20.4 Å². The van der Waals surface area contributed by atoms with Gasteiger partial charge in [0.15, 0.2) is 6.29 Å². The van der Waals surface area contributed by atoms with Crippen molar-refractivity contribution in [3.63, 3.8) is 0 Å². The van der Waals surface area contributed by atoms with Crippen molar-refractivity contribution in [2.75, 3.05) is 0 Å². The molecule has 4 atom stereocenters. The van der Waals surface area contributed by atoms with Crippen LogP contribution in [0.2, 0.25) is 0 Å². The van der Waals surface area contributed by atoms with E-state index in [1.807, 2.05) is 0 Å². The van der Waals surface area contributed by atoms with Crippen LogP contribution in [0.1, 0.15) is 6.92 Å². The third-order valence-electron chi connectivity index (χ3n) is 1.33. The minimum Gasteiger partial charge on any atom is -0.391 e. The topological polar surface area (TPSA) is 98.0 Å². The van der Waals surface area contributed by atoms with Crippen LogP contribution in [0.4, 0.5) is 0 Å². The fraction of sp³-hybridized carbons (Fsp3) is 0.833. The number of hydrogen-bond donors (Lipinski definition) is 4. The number of carbonyl (C=O) groups excluding carboxylic acids is 1. The quantitative estimate of drug-likeness (QED) is 0.349. The molecule has 0 aromatic carbocycles. The van der Waals surface area contributed by atoms with E-state index >= 15 is 0 Å². The molecule has 0 amide bonds. The molecular formula is C6H12O5. The summed E-state index contributed by atoms with van der Waals surface area (Å²) in [5, 5.41) is 35.1. The van der Waals surface area contributed by atoms with Gasteiger partial charge in [0.05, 0.1) is 6.10 Å². The Bertz CT molecular complexity index is 124. The van der Waals surface area contributed by atoms with Gasteiger partial charge in [0, 0.05) is 0 Å². The van der Waals surface area contributed by atoms with Gasteiger partial charge in [-0.3, -0.25) is 0 Å². The zero-order chi connectivity index (χ0) is 9.02. The predicted molar refractivity (Wildman–Crippen MR) is 35.8 cm³/mol. The van der Waals surface area contributed by atoms with Gasteiger partial charge in [-0.25, -0.2) is 0 Å². The summed E-state index contributed by atoms with van der Waals surface area (Å²) in [6.07, 6.45) is -5.88. The molecule has 0 aliphatic carbocycles. The molecule has 0 aliphatic rings. The monoisotopic (exact) mass is 164 g/mol. The van der Waals surface area contributed by atoms with E-state index < -0.39 is 24.4 Å². The molecule has 0 saturated carbocycles. The van der Waals surface area contributed by atoms with E-state index in [-0.39, 0.29) is 6.29 Å². The van der Waals surface area contributed by atoms with Gasteiger partial charge in [-0.05, 0) is 6.92 Å². The normalized spacial score (nSPS) is 21.9. The third kappa shape index (κ3) is 2.94. The molecule has 0 aliphatic heterocycles. The first-order valence-corrected chi connectivity index (χ1v) is 3.18. The minimum atomic E-state index is -1.65. The molecule has 0 aromatic rings. The molecule has 5 heteroatoms. The Morgan fingerprint density at radius 2 is 1.55 bits per heavy atom. The standard InChI is InChI=1S/C6H12O5/c1-3(8)5(10)6(11)4(9)2-7/h2-6,8-11H,1H3/t3?,4-,5+,6-/m0/s1. The lowest BCUT2D eigenvalue weighted by Crippen LogP contribution is -2.43. The number of carbonyl (C=O) groups is 1. The second-order valence-electron chi connectivity index (χ2n) is 2.35. The van der Waals surface area contributed by atoms with Crippen molar-refractivity contribution in [1.29, 1.82) is 0 Å². The molecule has 5 nitrogen and oxygen atoms in total. The average molecular weight is 164 g/mol. The van der Waals surface area contributed by atoms with Crippen molar-refractivity contribution in [3.05, 3.63) is 0 Å². The number of aliphatic hydroxyl groups is 4. The van der Waals surface area contributed by atoms with E-state index in [9.17, 15) is 4.79 Å². The first-order chi connectivity index (χ1) is 5.00. The van der Waals surface area contributed by atoms with E-state index in [0.29, 0.717) is 0 Å². The smallest absolute Gasteiger partial charge is 0.151 e. The van der Waals surface area contributed by atoms with Crippen molar-refractivity contribution in [3.8, 4) is 0 Å². The van der Waals surface area contributed by atoms with Crippen molar-refractivity contribution < 1.29 is 25.2 Å². The summed E-state index contributed by atoms with van der Waals surface area (Å²) in [6.45, 7) is 1.24. The summed E-state index contributed by atoms with van der Waals surface area (Å²) < 4.78 is 0. The molecule has 0 fully saturated rings. The lowest BCUT2D eigenvalue weighted by molar-refractivity contribution is -0.132. The molecule has 0 radical (unpaired) electrons. The molecule has 66 valence electrons. The molecule has 0 spiro atoms. The van der Waals surface area contributed by atoms with Gasteiger partial charge in [-0.2, -0.15) is 0 Å². The highest BCUT2D eigenvalue weighted by atomic mass is 16.4. The Balaban J connectivity index is 4.00. The molecule has 0 aromatic heterocycles. The fourth-order valence-electron chi connectivity index (χ4n) is 0.568. The summed E-state index contributed by atoms with van der Waals surface area (Å²) in [6, 6.07) is 0. The number of rotatable bonds is 4. The summed E-state index contributed by atoms with van der Waals surface area (Å²) in [7, 11) is 0. The van der Waals surface area contributed by atoms with Crippen molar-refractivity contribution in [2.24, 2.45) is 0 Å². The highest BCUT2D eigenvalue weighted by Gasteiger charge is 2.27. The Morgan fingerprint density at radius 3 is 1.82 bits per heavy atom. The fourth-order valence-corrected chi connectivity index (χ4v) is 0.568. The lowest BCUT2D eigenvalue weighted by atomic mass is 10.1. The van der Waals surface area contributed by atoms with Crippen LogP contribution >= 0.6 is 0 Å². The molecular weight excluding hydrogens is 152 g/mol. The summed E-state index contributed by atoms with van der Waals surface area (Å²) in [5.74, 6) is 0. The number of aliphatic hydroxyl groups excluding tert-OH is 4. The molecule has 0 rings (SSSR count). The van der Waals surface area contributed by atoms with Crippen LogP contribution in [-0.4, -0.2) is 51.1 Å². The molecule has 1 unspecified atom stereocenters. The Labute approximate surface area is 63.9 Å². The van der Waals surface area contributed by atoms with Gasteiger partial charge in [0.2, 0.25) is 0 Å². The zero-order valence-corrected chi connectivity index (χ0v) is 6.08. The molecule has 0 heterocycles. The maximum absolute atomic E-state index is 9.87. The summed E-state index contributed by atoms with van der Waals surface area (Å²) in [4.78, 5) is 9.87. The van der Waals surface area contributed by atoms with Gasteiger partial charge in [0.1, 0.15) is 18.3 Å². The Kier molecular flexibility index (Phi) is 4.20. The van der Waals surface area contributed by atoms with E-state index in [2.05, 4.69) is 0 Å². The van der Waals surface area contributed by atoms with Crippen LogP contribution in [0, 0.1) is 0 Å². The second-order valence-corrected chi connectivity index (χ2v) is 2.35. The first-order valence-electron chi connectivity index (χ1n) is 3.18. The van der Waals surface area contributed by atoms with E-state index in [0.717, 1.165) is 0 Å². The molecule has 0 saturated heterocycles. The predicted octanol–water partition coefficient (Wildman–Crippen LogP) is -2.35. The van der Waals surface area contributed by atoms with Crippen molar-refractivity contribution >= 4 is 6.29 Å². The third-order valence-corrected chi connectivity index (χ3v) is 1.33. The zero-order valence-electron chi connectivity index (χ0n) is 6.08. The van der Waals surface area contributed by atoms with Gasteiger partial charge in [0.25, 0.3) is 0 Å². The first kappa shape index (κ1) is 10.5. The summed E-state index contributed by atoms with van der Waals surface area (Å²) in [5.41, 5.74) is 0. The van der Waals surface area contributed by atoms with E-state index in [1.165, 1.54) is 6.92 Å². The van der Waals surface area contributed by atoms with Crippen LogP contribution in [0.5, 0.6) is 0 Å².